The van der Waals surface area contributed by atoms with Crippen LogP contribution in [0.2, 0.25) is 0 Å². The van der Waals surface area contributed by atoms with Crippen LogP contribution in [0.1, 0.15) is 37.9 Å². The molecule has 0 aliphatic heterocycles. The Morgan fingerprint density at radius 2 is 1.88 bits per heavy atom. The summed E-state index contributed by atoms with van der Waals surface area (Å²) in [5, 5.41) is 1.73. The molecule has 5 nitrogen and oxygen atoms in total. The van der Waals surface area contributed by atoms with E-state index < -0.39 is 22.2 Å². The summed E-state index contributed by atoms with van der Waals surface area (Å²) in [6, 6.07) is 12.1. The average molecular weight is 394 g/mol. The van der Waals surface area contributed by atoms with E-state index in [-0.39, 0.29) is 16.1 Å². The molecule has 2 atom stereocenters. The summed E-state index contributed by atoms with van der Waals surface area (Å²) in [6.07, 6.45) is 2.08. The van der Waals surface area contributed by atoms with Gasteiger partial charge >= 0.3 is 5.97 Å². The third-order valence-corrected chi connectivity index (χ3v) is 8.27. The molecular formula is C19H23NO4S2. The molecular weight excluding hydrogens is 370 g/mol. The van der Waals surface area contributed by atoms with Crippen LogP contribution in [-0.2, 0) is 19.6 Å². The van der Waals surface area contributed by atoms with Gasteiger partial charge in [0.05, 0.1) is 12.0 Å². The molecule has 0 saturated heterocycles. The van der Waals surface area contributed by atoms with Gasteiger partial charge in [-0.15, -0.1) is 11.3 Å². The second-order valence-electron chi connectivity index (χ2n) is 6.59. The van der Waals surface area contributed by atoms with Gasteiger partial charge in [0, 0.05) is 7.05 Å². The molecule has 0 N–H and O–H groups in total. The summed E-state index contributed by atoms with van der Waals surface area (Å²) >= 11 is 1.18. The molecule has 3 rings (SSSR count). The summed E-state index contributed by atoms with van der Waals surface area (Å²) in [7, 11) is -2.10. The van der Waals surface area contributed by atoms with E-state index in [4.69, 9.17) is 4.74 Å². The second-order valence-corrected chi connectivity index (χ2v) is 9.76. The smallest absolute Gasteiger partial charge is 0.309 e. The lowest BCUT2D eigenvalue weighted by molar-refractivity contribution is -0.159. The summed E-state index contributed by atoms with van der Waals surface area (Å²) in [5.74, 6) is -0.300. The Morgan fingerprint density at radius 3 is 2.42 bits per heavy atom. The third-order valence-electron chi connectivity index (χ3n) is 4.95. The molecule has 1 fully saturated rings. The van der Waals surface area contributed by atoms with Gasteiger partial charge < -0.3 is 4.74 Å². The Hall–Kier alpha value is -1.70. The maximum absolute atomic E-state index is 12.9. The van der Waals surface area contributed by atoms with Gasteiger partial charge in [-0.25, -0.2) is 8.42 Å². The van der Waals surface area contributed by atoms with E-state index in [1.54, 1.807) is 24.4 Å². The average Bonchev–Trinajstić information content (AvgIpc) is 3.13. The van der Waals surface area contributed by atoms with Gasteiger partial charge in [0.1, 0.15) is 10.3 Å². The molecule has 0 radical (unpaired) electrons. The van der Waals surface area contributed by atoms with Crippen molar-refractivity contribution in [2.75, 3.05) is 7.05 Å². The van der Waals surface area contributed by atoms with Crippen molar-refractivity contribution < 1.29 is 17.9 Å². The lowest BCUT2D eigenvalue weighted by Crippen LogP contribution is -2.41. The summed E-state index contributed by atoms with van der Waals surface area (Å²) in [5.41, 5.74) is 0.793. The van der Waals surface area contributed by atoms with Crippen molar-refractivity contribution in [2.24, 2.45) is 5.92 Å². The van der Waals surface area contributed by atoms with Crippen LogP contribution in [0.5, 0.6) is 0 Å². The van der Waals surface area contributed by atoms with E-state index in [1.165, 1.54) is 22.7 Å². The number of rotatable bonds is 7. The highest BCUT2D eigenvalue weighted by Gasteiger charge is 2.36. The summed E-state index contributed by atoms with van der Waals surface area (Å²) in [4.78, 5) is 12.4. The Kier molecular flexibility index (Phi) is 5.79. The molecule has 26 heavy (non-hydrogen) atoms. The highest BCUT2D eigenvalue weighted by molar-refractivity contribution is 7.91. The predicted octanol–water partition coefficient (Wildman–Crippen LogP) is 3.84. The van der Waals surface area contributed by atoms with Crippen molar-refractivity contribution in [3.63, 3.8) is 0 Å². The first-order valence-electron chi connectivity index (χ1n) is 8.68. The number of benzene rings is 1. The van der Waals surface area contributed by atoms with E-state index in [2.05, 4.69) is 0 Å². The largest absolute Gasteiger partial charge is 0.456 e. The van der Waals surface area contributed by atoms with Crippen LogP contribution in [0.3, 0.4) is 0 Å². The number of sulfonamides is 1. The molecule has 0 unspecified atom stereocenters. The molecule has 1 aliphatic rings. The maximum Gasteiger partial charge on any atom is 0.309 e. The monoisotopic (exact) mass is 393 g/mol. The van der Waals surface area contributed by atoms with Crippen LogP contribution in [0.4, 0.5) is 0 Å². The fourth-order valence-electron chi connectivity index (χ4n) is 2.91. The SMILES string of the molecule is C[C@H]([C@H](OC(=O)C1CCC1)c1ccccc1)N(C)S(=O)(=O)c1cccs1. The van der Waals surface area contributed by atoms with Crippen molar-refractivity contribution in [3.05, 3.63) is 53.4 Å². The van der Waals surface area contributed by atoms with E-state index in [0.717, 1.165) is 24.8 Å². The van der Waals surface area contributed by atoms with Crippen LogP contribution in [-0.4, -0.2) is 31.8 Å². The lowest BCUT2D eigenvalue weighted by Gasteiger charge is -2.33. The highest BCUT2D eigenvalue weighted by Crippen LogP contribution is 2.33. The number of likely N-dealkylation sites (N-methyl/N-ethyl adjacent to an activating group) is 1. The van der Waals surface area contributed by atoms with Crippen molar-refractivity contribution in [1.82, 2.24) is 4.31 Å². The van der Waals surface area contributed by atoms with Gasteiger partial charge in [-0.3, -0.25) is 4.79 Å². The first kappa shape index (κ1) is 19.1. The molecule has 140 valence electrons. The summed E-state index contributed by atoms with van der Waals surface area (Å²) < 4.78 is 33.1. The number of carbonyl (C=O) groups is 1. The minimum absolute atomic E-state index is 0.0624. The second kappa shape index (κ2) is 7.90. The Bertz CT molecular complexity index is 830. The first-order valence-corrected chi connectivity index (χ1v) is 11.0. The van der Waals surface area contributed by atoms with Crippen molar-refractivity contribution >= 4 is 27.3 Å². The number of thiophene rings is 1. The molecule has 1 aliphatic carbocycles. The quantitative estimate of drug-likeness (QED) is 0.671. The van der Waals surface area contributed by atoms with E-state index in [1.807, 2.05) is 30.3 Å². The topological polar surface area (TPSA) is 63.7 Å². The maximum atomic E-state index is 12.9. The molecule has 2 aromatic rings. The molecule has 7 heteroatoms. The van der Waals surface area contributed by atoms with Crippen molar-refractivity contribution in [3.8, 4) is 0 Å². The number of carbonyl (C=O) groups excluding carboxylic acids is 1. The number of hydrogen-bond acceptors (Lipinski definition) is 5. The fourth-order valence-corrected chi connectivity index (χ4v) is 5.45. The highest BCUT2D eigenvalue weighted by atomic mass is 32.2. The number of nitrogens with zero attached hydrogens (tertiary/aromatic N) is 1. The van der Waals surface area contributed by atoms with Gasteiger partial charge in [-0.1, -0.05) is 42.8 Å². The number of esters is 1. The molecule has 0 bridgehead atoms. The third kappa shape index (κ3) is 3.84. The van der Waals surface area contributed by atoms with Gasteiger partial charge in [0.2, 0.25) is 0 Å². The minimum Gasteiger partial charge on any atom is -0.456 e. The Labute approximate surface area is 158 Å². The van der Waals surface area contributed by atoms with Crippen LogP contribution < -0.4 is 0 Å². The molecule has 1 aromatic carbocycles. The first-order chi connectivity index (χ1) is 12.4. The number of ether oxygens (including phenoxy) is 1. The molecule has 1 heterocycles. The molecule has 1 saturated carbocycles. The van der Waals surface area contributed by atoms with E-state index >= 15 is 0 Å². The number of hydrogen-bond donors (Lipinski definition) is 0. The van der Waals surface area contributed by atoms with E-state index in [0.29, 0.717) is 0 Å². The fraction of sp³-hybridized carbons (Fsp3) is 0.421. The van der Waals surface area contributed by atoms with E-state index in [9.17, 15) is 13.2 Å². The van der Waals surface area contributed by atoms with Crippen LogP contribution in [0, 0.1) is 5.92 Å². The minimum atomic E-state index is -3.63. The Balaban J connectivity index is 1.86. The zero-order valence-electron chi connectivity index (χ0n) is 14.9. The zero-order chi connectivity index (χ0) is 18.7. The Morgan fingerprint density at radius 1 is 1.19 bits per heavy atom. The van der Waals surface area contributed by atoms with Crippen LogP contribution in [0.15, 0.2) is 52.1 Å². The zero-order valence-corrected chi connectivity index (χ0v) is 16.5. The van der Waals surface area contributed by atoms with Crippen LogP contribution >= 0.6 is 11.3 Å². The summed E-state index contributed by atoms with van der Waals surface area (Å²) in [6.45, 7) is 1.77. The normalized spacial score (nSPS) is 17.5. The molecule has 0 amide bonds. The lowest BCUT2D eigenvalue weighted by atomic mass is 9.85. The van der Waals surface area contributed by atoms with Gasteiger partial charge in [0.25, 0.3) is 10.0 Å². The van der Waals surface area contributed by atoms with Gasteiger partial charge in [-0.05, 0) is 36.8 Å². The van der Waals surface area contributed by atoms with Gasteiger partial charge in [0.15, 0.2) is 0 Å². The van der Waals surface area contributed by atoms with Crippen molar-refractivity contribution in [1.29, 1.82) is 0 Å². The molecule has 1 aromatic heterocycles. The standard InChI is InChI=1S/C19H23NO4S2/c1-14(20(2)26(22,23)17-12-7-13-25-17)18(15-8-4-3-5-9-15)24-19(21)16-10-6-11-16/h3-5,7-9,12-14,16,18H,6,10-11H2,1-2H3/t14-,18+/m1/s1. The predicted molar refractivity (Wildman–Crippen MR) is 101 cm³/mol. The van der Waals surface area contributed by atoms with Crippen molar-refractivity contribution in [2.45, 2.75) is 42.5 Å². The van der Waals surface area contributed by atoms with Crippen LogP contribution in [0.25, 0.3) is 0 Å². The molecule has 0 spiro atoms. The van der Waals surface area contributed by atoms with Gasteiger partial charge in [-0.2, -0.15) is 4.31 Å².